The number of aliphatic hydroxyl groups excluding tert-OH is 6. The van der Waals surface area contributed by atoms with Gasteiger partial charge in [-0.15, -0.1) is 0 Å². The number of hydrogen-bond acceptors (Lipinski definition) is 28. The number of nitrogens with two attached hydrogens (primary N) is 3. The van der Waals surface area contributed by atoms with E-state index in [0.29, 0.717) is 11.8 Å². The molecule has 23 N–H and O–H groups in total. The Bertz CT molecular complexity index is 4780. The lowest BCUT2D eigenvalue weighted by Crippen LogP contribution is -2.64. The Hall–Kier alpha value is -9.61. The zero-order valence-electron chi connectivity index (χ0n) is 68.4. The topological polar surface area (TPSA) is 567 Å². The number of likely N-dealkylation sites (N-methyl/N-ethyl adjacent to an activating group) is 1. The number of phenolic OH excluding ortho intramolecular Hbond substituents is 3. The van der Waals surface area contributed by atoms with Gasteiger partial charge in [-0.25, -0.2) is 0 Å². The molecular weight excluding hydrogens is 1610 g/mol. The summed E-state index contributed by atoms with van der Waals surface area (Å²) < 4.78 is 52.6. The maximum absolute atomic E-state index is 16.6. The number of benzene rings is 5. The first-order valence-corrected chi connectivity index (χ1v) is 41.6. The van der Waals surface area contributed by atoms with Crippen molar-refractivity contribution in [2.45, 2.75) is 246 Å². The third kappa shape index (κ3) is 18.3. The molecule has 8 aliphatic heterocycles. The van der Waals surface area contributed by atoms with Gasteiger partial charge < -0.3 is 144 Å². The van der Waals surface area contributed by atoms with Gasteiger partial charge in [-0.2, -0.15) is 0 Å². The van der Waals surface area contributed by atoms with E-state index in [9.17, 15) is 55.5 Å². The fourth-order valence-electron chi connectivity index (χ4n) is 19.4. The molecule has 37 heteroatoms. The average molecular weight is 1720 g/mol. The number of aromatic hydroxyl groups is 3. The van der Waals surface area contributed by atoms with Crippen molar-refractivity contribution in [2.75, 3.05) is 13.7 Å². The van der Waals surface area contributed by atoms with Gasteiger partial charge in [-0.05, 0) is 198 Å². The number of phenols is 3. The minimum Gasteiger partial charge on any atom is -0.508 e. The molecule has 0 aromatic heterocycles. The van der Waals surface area contributed by atoms with Crippen molar-refractivity contribution in [3.8, 4) is 57.1 Å². The Labute approximate surface area is 707 Å². The number of fused-ring (bicyclic) bond motifs is 15. The van der Waals surface area contributed by atoms with Crippen molar-refractivity contribution >= 4 is 58.9 Å². The Morgan fingerprint density at radius 3 is 1.85 bits per heavy atom. The van der Waals surface area contributed by atoms with E-state index < -0.39 is 240 Å². The Morgan fingerprint density at radius 1 is 0.648 bits per heavy atom. The Morgan fingerprint density at radius 2 is 1.25 bits per heavy atom. The van der Waals surface area contributed by atoms with Crippen molar-refractivity contribution in [3.63, 3.8) is 0 Å². The van der Waals surface area contributed by atoms with Gasteiger partial charge in [-0.1, -0.05) is 49.7 Å². The highest BCUT2D eigenvalue weighted by atomic mass is 35.5. The van der Waals surface area contributed by atoms with E-state index in [0.717, 1.165) is 62.4 Å². The maximum atomic E-state index is 16.6. The number of aliphatic hydroxyl groups is 6. The molecule has 7 fully saturated rings. The summed E-state index contributed by atoms with van der Waals surface area (Å²) >= 11 is 7.20. The van der Waals surface area contributed by atoms with Gasteiger partial charge in [0.25, 0.3) is 0 Å². The highest BCUT2D eigenvalue weighted by Crippen LogP contribution is 2.58. The van der Waals surface area contributed by atoms with Crippen LogP contribution in [0.25, 0.3) is 11.1 Å². The molecule has 8 amide bonds. The summed E-state index contributed by atoms with van der Waals surface area (Å²) in [5, 5.41) is 127. The molecule has 122 heavy (non-hydrogen) atoms. The maximum Gasteiger partial charge on any atom is 0.248 e. The van der Waals surface area contributed by atoms with Crippen molar-refractivity contribution < 1.29 is 122 Å². The second-order valence-electron chi connectivity index (χ2n) is 35.1. The van der Waals surface area contributed by atoms with Crippen LogP contribution in [0.2, 0.25) is 5.02 Å². The minimum absolute atomic E-state index is 0.0166. The molecule has 17 rings (SSSR count). The van der Waals surface area contributed by atoms with Gasteiger partial charge in [0.15, 0.2) is 30.2 Å². The van der Waals surface area contributed by atoms with Crippen LogP contribution in [0.15, 0.2) is 84.9 Å². The third-order valence-corrected chi connectivity index (χ3v) is 25.6. The van der Waals surface area contributed by atoms with Crippen LogP contribution < -0.4 is 73.9 Å². The normalized spacial score (nSPS) is 35.0. The molecule has 36 nitrogen and oxygen atoms in total. The number of ether oxygens (including phenoxy) is 8. The van der Waals surface area contributed by atoms with Crippen LogP contribution in [0, 0.1) is 35.5 Å². The standard InChI is InChI=1S/C85H108ClN11O25/c1-33(2)17-50(90-8)76(108)96-66-68(103)41-12-16-54(49(86)24-41)118-56-26-44-25-55(72(56)122-83-73(70(105)69(104)57(32-98)119-83)121-60-31-85(7,89)75(107)36(5)116-60)117-46-13-9-39(10-14-46)71(120-59-30-84(6,88)74(106)35(4)115-59)67-82(114)95-65(80(112)91-34(3)61-42-19-37-18-38(21-42)22-43(61)20-37)48-27-45(99)28-53(101)62(48)47-23-40(11-15-52(47)100)63(78(110)97-67)94-79(111)64(44)93-77(109)51(29-58(87)102)92-81(66)113/h9-16,23-28,33-38,42-43,50-51,57,59-61,63-71,73-75,83,90,98-101,103-107H,17-22,29-32,88-89H2,1-8H3,(H2,87,102)(H,91,112)(H,92,113)(H,93,109)(H,94,111)(H,95,114)(H,96,108)(H,97,110)/t34?,35-,36+,37?,38?,42?,43?,50-,51+,57+,59-,60+,61?,63-,64-,65-,66-,67+,68-,69+,70-,71-,73+,74-,75+,83-,84-,85+/m1/s1. The van der Waals surface area contributed by atoms with Crippen LogP contribution in [0.1, 0.15) is 164 Å². The van der Waals surface area contributed by atoms with Crippen LogP contribution in [0.5, 0.6) is 46.0 Å². The van der Waals surface area contributed by atoms with E-state index in [-0.39, 0.29) is 92.8 Å². The van der Waals surface area contributed by atoms with Gasteiger partial charge in [0, 0.05) is 47.2 Å². The second kappa shape index (κ2) is 35.6. The molecule has 0 spiro atoms. The molecule has 3 saturated heterocycles. The van der Waals surface area contributed by atoms with E-state index >= 15 is 28.8 Å². The lowest BCUT2D eigenvalue weighted by molar-refractivity contribution is -0.333. The van der Waals surface area contributed by atoms with Crippen LogP contribution in [-0.2, 0) is 62.0 Å². The fourth-order valence-corrected chi connectivity index (χ4v) is 19.6. The molecule has 5 aromatic carbocycles. The Kier molecular flexibility index (Phi) is 25.8. The molecule has 4 saturated carbocycles. The zero-order chi connectivity index (χ0) is 87.7. The SMILES string of the molecule is CN[C@H](CC(C)C)C(=O)N[C@H]1C(=O)N[C@@H](CC(N)=O)C(=O)N[C@H]2C(=O)N[C@H]3C(=O)N[C@H](C(=O)N[C@@H](C(=O)NC(C)C4C5CC6CC(C5)CC4C6)c4cc(O)cc(O)c4-c4cc3ccc4O)[C@H](O[C@@H]3C[C@@](C)(N)[C@H](O)[C@@H](C)O3)c3ccc(cc3)Oc3cc2cc(c3O[C@H]2O[C@@H](CO)[C@H](O)[C@@H](O)[C@@H]2O[C@H]2C[C@](C)(N)[C@@H](O)[C@H](C)O2)Oc2ccc(cc2Cl)[C@H]1O. The molecule has 23 atom stereocenters. The highest BCUT2D eigenvalue weighted by Gasteiger charge is 2.54. The molecule has 5 aromatic rings. The third-order valence-electron chi connectivity index (χ3n) is 25.3. The lowest BCUT2D eigenvalue weighted by Gasteiger charge is -2.56. The number of hydrogen-bond donors (Lipinski definition) is 20. The Balaban J connectivity index is 0.984. The number of carbonyl (C=O) groups excluding carboxylic acids is 8. The summed E-state index contributed by atoms with van der Waals surface area (Å²) in [4.78, 5) is 124. The number of primary amides is 1. The van der Waals surface area contributed by atoms with Crippen LogP contribution in [0.3, 0.4) is 0 Å². The predicted octanol–water partition coefficient (Wildman–Crippen LogP) is 2.18. The van der Waals surface area contributed by atoms with E-state index in [1.54, 1.807) is 6.92 Å². The molecule has 8 heterocycles. The first-order chi connectivity index (χ1) is 57.7. The van der Waals surface area contributed by atoms with E-state index in [2.05, 4.69) is 42.5 Å². The summed E-state index contributed by atoms with van der Waals surface area (Å²) in [7, 11) is 1.49. The first-order valence-electron chi connectivity index (χ1n) is 41.2. The largest absolute Gasteiger partial charge is 0.508 e. The van der Waals surface area contributed by atoms with Gasteiger partial charge in [0.1, 0.15) is 95.5 Å². The number of amides is 8. The smallest absolute Gasteiger partial charge is 0.248 e. The van der Waals surface area contributed by atoms with Gasteiger partial charge in [0.2, 0.25) is 59.3 Å². The zero-order valence-corrected chi connectivity index (χ0v) is 69.2. The van der Waals surface area contributed by atoms with Crippen molar-refractivity contribution in [3.05, 3.63) is 118 Å². The van der Waals surface area contributed by atoms with E-state index in [1.807, 2.05) is 20.8 Å². The van der Waals surface area contributed by atoms with Gasteiger partial charge in [-0.3, -0.25) is 38.4 Å². The van der Waals surface area contributed by atoms with Crippen molar-refractivity contribution in [1.82, 2.24) is 42.5 Å². The highest BCUT2D eigenvalue weighted by molar-refractivity contribution is 6.32. The minimum atomic E-state index is -2.33. The van der Waals surface area contributed by atoms with Crippen LogP contribution in [-0.4, -0.2) is 216 Å². The predicted molar refractivity (Wildman–Crippen MR) is 431 cm³/mol. The average Bonchev–Trinajstić information content (AvgIpc) is 0.722. The summed E-state index contributed by atoms with van der Waals surface area (Å²) in [5.41, 5.74) is 14.7. The lowest BCUT2D eigenvalue weighted by atomic mass is 9.50. The van der Waals surface area contributed by atoms with Crippen LogP contribution >= 0.6 is 11.6 Å². The molecule has 0 radical (unpaired) electrons. The summed E-state index contributed by atoms with van der Waals surface area (Å²) in [6, 6.07) is 2.64. The number of nitrogens with one attached hydrogen (secondary N) is 8. The molecule has 660 valence electrons. The van der Waals surface area contributed by atoms with Gasteiger partial charge in [0.05, 0.1) is 48.5 Å². The molecule has 1 unspecified atom stereocenters. The van der Waals surface area contributed by atoms with E-state index in [1.165, 1.54) is 82.4 Å². The summed E-state index contributed by atoms with van der Waals surface area (Å²) in [5.74, 6) is -12.0. The molecule has 4 aliphatic carbocycles. The number of carbonyl (C=O) groups is 8. The summed E-state index contributed by atoms with van der Waals surface area (Å²) in [6.07, 6.45) is -17.1. The number of halogens is 1. The van der Waals surface area contributed by atoms with Crippen LogP contribution in [0.4, 0.5) is 0 Å². The quantitative estimate of drug-likeness (QED) is 0.0634. The fraction of sp³-hybridized carbons (Fsp3) is 0.553. The summed E-state index contributed by atoms with van der Waals surface area (Å²) in [6.45, 7) is 10.7. The second-order valence-corrected chi connectivity index (χ2v) is 35.5. The molecule has 12 aliphatic rings. The van der Waals surface area contributed by atoms with Gasteiger partial charge >= 0.3 is 0 Å². The van der Waals surface area contributed by atoms with Crippen molar-refractivity contribution in [2.24, 2.45) is 52.7 Å². The molecule has 15 bridgehead atoms. The van der Waals surface area contributed by atoms with Crippen molar-refractivity contribution in [1.29, 1.82) is 0 Å². The number of rotatable bonds is 17. The molecular formula is C85H108ClN11O25. The monoisotopic (exact) mass is 1720 g/mol. The first kappa shape index (κ1) is 88.7. The van der Waals surface area contributed by atoms with E-state index in [4.69, 9.17) is 66.7 Å².